The monoisotopic (exact) mass is 257 g/mol. The van der Waals surface area contributed by atoms with Crippen molar-refractivity contribution in [3.63, 3.8) is 0 Å². The lowest BCUT2D eigenvalue weighted by atomic mass is 10.1. The molecule has 0 bridgehead atoms. The summed E-state index contributed by atoms with van der Waals surface area (Å²) in [6, 6.07) is 5.09. The lowest BCUT2D eigenvalue weighted by Crippen LogP contribution is -2.20. The summed E-state index contributed by atoms with van der Waals surface area (Å²) in [4.78, 5) is 11.8. The second-order valence-electron chi connectivity index (χ2n) is 4.09. The van der Waals surface area contributed by atoms with Gasteiger partial charge in [0.05, 0.1) is 10.7 Å². The third-order valence-corrected chi connectivity index (χ3v) is 3.46. The maximum absolute atomic E-state index is 11.8. The van der Waals surface area contributed by atoms with E-state index in [-0.39, 0.29) is 11.8 Å². The molecule has 1 aromatic rings. The molecule has 1 aliphatic rings. The molecule has 2 rings (SSSR count). The molecule has 0 radical (unpaired) electrons. The summed E-state index contributed by atoms with van der Waals surface area (Å²) in [7, 11) is 0. The van der Waals surface area contributed by atoms with Crippen LogP contribution in [0.15, 0.2) is 18.2 Å². The summed E-state index contributed by atoms with van der Waals surface area (Å²) >= 11 is 11.8. The van der Waals surface area contributed by atoms with Crippen LogP contribution in [-0.2, 0) is 4.79 Å². The van der Waals surface area contributed by atoms with E-state index in [1.165, 1.54) is 0 Å². The fraction of sp³-hybridized carbons (Fsp3) is 0.417. The first-order chi connectivity index (χ1) is 7.66. The van der Waals surface area contributed by atoms with Gasteiger partial charge in [0.25, 0.3) is 0 Å². The van der Waals surface area contributed by atoms with Crippen molar-refractivity contribution in [2.24, 2.45) is 5.92 Å². The molecule has 0 heterocycles. The fourth-order valence-electron chi connectivity index (χ4n) is 2.01. The van der Waals surface area contributed by atoms with E-state index in [2.05, 4.69) is 5.32 Å². The Balaban J connectivity index is 2.05. The molecule has 1 N–H and O–H groups in total. The third-order valence-electron chi connectivity index (χ3n) is 2.91. The van der Waals surface area contributed by atoms with Gasteiger partial charge in [0, 0.05) is 10.9 Å². The Labute approximate surface area is 105 Å². The largest absolute Gasteiger partial charge is 0.325 e. The molecule has 16 heavy (non-hydrogen) atoms. The van der Waals surface area contributed by atoms with Gasteiger partial charge < -0.3 is 5.32 Å². The molecule has 0 saturated heterocycles. The van der Waals surface area contributed by atoms with E-state index >= 15 is 0 Å². The minimum atomic E-state index is 0.0710. The van der Waals surface area contributed by atoms with Crippen LogP contribution in [0.5, 0.6) is 0 Å². The molecule has 86 valence electrons. The van der Waals surface area contributed by atoms with Crippen molar-refractivity contribution in [3.05, 3.63) is 28.2 Å². The fourth-order valence-corrected chi connectivity index (χ4v) is 2.47. The Kier molecular flexibility index (Phi) is 3.72. The minimum absolute atomic E-state index is 0.0710. The summed E-state index contributed by atoms with van der Waals surface area (Å²) in [6.07, 6.45) is 4.26. The summed E-state index contributed by atoms with van der Waals surface area (Å²) in [6.45, 7) is 0. The van der Waals surface area contributed by atoms with Crippen LogP contribution in [0.1, 0.15) is 25.7 Å². The predicted octanol–water partition coefficient (Wildman–Crippen LogP) is 4.12. The summed E-state index contributed by atoms with van der Waals surface area (Å²) < 4.78 is 0. The average molecular weight is 258 g/mol. The van der Waals surface area contributed by atoms with E-state index in [1.807, 2.05) is 0 Å². The highest BCUT2D eigenvalue weighted by Gasteiger charge is 2.22. The smallest absolute Gasteiger partial charge is 0.227 e. The van der Waals surface area contributed by atoms with Crippen LogP contribution in [0, 0.1) is 5.92 Å². The molecule has 1 aliphatic carbocycles. The number of hydrogen-bond donors (Lipinski definition) is 1. The number of benzene rings is 1. The van der Waals surface area contributed by atoms with Gasteiger partial charge in [-0.05, 0) is 31.0 Å². The number of nitrogens with one attached hydrogen (secondary N) is 1. The molecule has 0 atom stereocenters. The number of rotatable bonds is 2. The van der Waals surface area contributed by atoms with E-state index in [4.69, 9.17) is 23.2 Å². The normalized spacial score (nSPS) is 16.4. The Morgan fingerprint density at radius 1 is 1.25 bits per heavy atom. The van der Waals surface area contributed by atoms with Gasteiger partial charge in [-0.3, -0.25) is 4.79 Å². The zero-order chi connectivity index (χ0) is 11.5. The first kappa shape index (κ1) is 11.7. The highest BCUT2D eigenvalue weighted by atomic mass is 35.5. The van der Waals surface area contributed by atoms with Gasteiger partial charge in [-0.2, -0.15) is 0 Å². The maximum atomic E-state index is 11.8. The van der Waals surface area contributed by atoms with Crippen molar-refractivity contribution in [1.29, 1.82) is 0 Å². The van der Waals surface area contributed by atoms with Crippen LogP contribution in [0.25, 0.3) is 0 Å². The van der Waals surface area contributed by atoms with Gasteiger partial charge >= 0.3 is 0 Å². The highest BCUT2D eigenvalue weighted by Crippen LogP contribution is 2.29. The average Bonchev–Trinajstić information content (AvgIpc) is 2.75. The Hall–Kier alpha value is -0.730. The standard InChI is InChI=1S/C12H13Cl2NO/c13-9-5-6-11(10(14)7-9)15-12(16)8-3-1-2-4-8/h5-8H,1-4H2,(H,15,16). The molecule has 1 saturated carbocycles. The van der Waals surface area contributed by atoms with Gasteiger partial charge in [0.2, 0.25) is 5.91 Å². The minimum Gasteiger partial charge on any atom is -0.325 e. The molecule has 0 aromatic heterocycles. The molecule has 1 aromatic carbocycles. The van der Waals surface area contributed by atoms with Gasteiger partial charge in [0.15, 0.2) is 0 Å². The molecule has 2 nitrogen and oxygen atoms in total. The van der Waals surface area contributed by atoms with Gasteiger partial charge in [-0.15, -0.1) is 0 Å². The van der Waals surface area contributed by atoms with Gasteiger partial charge in [-0.25, -0.2) is 0 Å². The van der Waals surface area contributed by atoms with Crippen LogP contribution >= 0.6 is 23.2 Å². The van der Waals surface area contributed by atoms with Crippen molar-refractivity contribution >= 4 is 34.8 Å². The van der Waals surface area contributed by atoms with Crippen LogP contribution in [0.4, 0.5) is 5.69 Å². The van der Waals surface area contributed by atoms with Crippen LogP contribution < -0.4 is 5.32 Å². The van der Waals surface area contributed by atoms with Gasteiger partial charge in [0.1, 0.15) is 0 Å². The van der Waals surface area contributed by atoms with Gasteiger partial charge in [-0.1, -0.05) is 36.0 Å². The highest BCUT2D eigenvalue weighted by molar-refractivity contribution is 6.36. The zero-order valence-electron chi connectivity index (χ0n) is 8.80. The quantitative estimate of drug-likeness (QED) is 0.849. The van der Waals surface area contributed by atoms with Crippen LogP contribution in [0.3, 0.4) is 0 Å². The number of hydrogen-bond acceptors (Lipinski definition) is 1. The summed E-state index contributed by atoms with van der Waals surface area (Å²) in [5.74, 6) is 0.216. The van der Waals surface area contributed by atoms with Crippen molar-refractivity contribution in [3.8, 4) is 0 Å². The van der Waals surface area contributed by atoms with E-state index < -0.39 is 0 Å². The molecular formula is C12H13Cl2NO. The van der Waals surface area contributed by atoms with Crippen molar-refractivity contribution in [1.82, 2.24) is 0 Å². The summed E-state index contributed by atoms with van der Waals surface area (Å²) in [5.41, 5.74) is 0.642. The number of carbonyl (C=O) groups excluding carboxylic acids is 1. The SMILES string of the molecule is O=C(Nc1ccc(Cl)cc1Cl)C1CCCC1. The second-order valence-corrected chi connectivity index (χ2v) is 4.94. The number of halogens is 2. The molecule has 0 spiro atoms. The van der Waals surface area contributed by atoms with E-state index in [0.717, 1.165) is 25.7 Å². The van der Waals surface area contributed by atoms with Crippen molar-refractivity contribution < 1.29 is 4.79 Å². The number of amides is 1. The molecule has 1 fully saturated rings. The van der Waals surface area contributed by atoms with E-state index in [9.17, 15) is 4.79 Å². The Morgan fingerprint density at radius 3 is 2.56 bits per heavy atom. The summed E-state index contributed by atoms with van der Waals surface area (Å²) in [5, 5.41) is 3.91. The molecular weight excluding hydrogens is 245 g/mol. The Bertz CT molecular complexity index is 400. The molecule has 1 amide bonds. The lowest BCUT2D eigenvalue weighted by molar-refractivity contribution is -0.119. The second kappa shape index (κ2) is 5.07. The predicted molar refractivity (Wildman–Crippen MR) is 67.0 cm³/mol. The van der Waals surface area contributed by atoms with Crippen molar-refractivity contribution in [2.75, 3.05) is 5.32 Å². The molecule has 4 heteroatoms. The molecule has 0 unspecified atom stereocenters. The zero-order valence-corrected chi connectivity index (χ0v) is 10.3. The molecule has 0 aliphatic heterocycles. The Morgan fingerprint density at radius 2 is 1.94 bits per heavy atom. The number of anilines is 1. The third kappa shape index (κ3) is 2.69. The van der Waals surface area contributed by atoms with E-state index in [1.54, 1.807) is 18.2 Å². The topological polar surface area (TPSA) is 29.1 Å². The van der Waals surface area contributed by atoms with Crippen LogP contribution in [-0.4, -0.2) is 5.91 Å². The first-order valence-electron chi connectivity index (χ1n) is 5.43. The van der Waals surface area contributed by atoms with E-state index in [0.29, 0.717) is 15.7 Å². The van der Waals surface area contributed by atoms with Crippen LogP contribution in [0.2, 0.25) is 10.0 Å². The number of carbonyl (C=O) groups is 1. The lowest BCUT2D eigenvalue weighted by Gasteiger charge is -2.11. The van der Waals surface area contributed by atoms with Crippen molar-refractivity contribution in [2.45, 2.75) is 25.7 Å². The maximum Gasteiger partial charge on any atom is 0.227 e. The first-order valence-corrected chi connectivity index (χ1v) is 6.18.